The maximum absolute atomic E-state index is 14.6. The number of aliphatic hydroxyl groups is 2. The summed E-state index contributed by atoms with van der Waals surface area (Å²) in [6.45, 7) is -0.408. The van der Waals surface area contributed by atoms with E-state index < -0.39 is 41.4 Å². The van der Waals surface area contributed by atoms with E-state index in [9.17, 15) is 27.9 Å². The van der Waals surface area contributed by atoms with Crippen LogP contribution in [-0.4, -0.2) is 32.5 Å². The van der Waals surface area contributed by atoms with Crippen molar-refractivity contribution in [3.05, 3.63) is 93.2 Å². The van der Waals surface area contributed by atoms with E-state index in [2.05, 4.69) is 10.4 Å². The second-order valence-corrected chi connectivity index (χ2v) is 7.06. The van der Waals surface area contributed by atoms with Crippen molar-refractivity contribution >= 4 is 5.91 Å². The Morgan fingerprint density at radius 2 is 1.88 bits per heavy atom. The van der Waals surface area contributed by atoms with Crippen LogP contribution in [0.1, 0.15) is 40.1 Å². The number of aliphatic hydroxyl groups excluding tert-OH is 2. The highest BCUT2D eigenvalue weighted by Crippen LogP contribution is 2.32. The highest BCUT2D eigenvalue weighted by atomic mass is 19.3. The molecule has 0 spiro atoms. The lowest BCUT2D eigenvalue weighted by Gasteiger charge is -2.20. The molecule has 2 aromatic carbocycles. The fourth-order valence-corrected chi connectivity index (χ4v) is 3.10. The Morgan fingerprint density at radius 3 is 2.56 bits per heavy atom. The number of carbonyl (C=O) groups excluding carboxylic acids is 1. The first-order chi connectivity index (χ1) is 15.2. The monoisotopic (exact) mass is 447 g/mol. The molecule has 0 aliphatic rings. The van der Waals surface area contributed by atoms with Crippen LogP contribution >= 0.6 is 0 Å². The quantitative estimate of drug-likeness (QED) is 0.516. The molecule has 3 rings (SSSR count). The van der Waals surface area contributed by atoms with Gasteiger partial charge in [0, 0.05) is 11.6 Å². The molecule has 0 saturated carbocycles. The first-order valence-corrected chi connectivity index (χ1v) is 9.57. The van der Waals surface area contributed by atoms with Crippen molar-refractivity contribution in [3.8, 4) is 5.69 Å². The lowest BCUT2D eigenvalue weighted by Crippen LogP contribution is -2.31. The van der Waals surface area contributed by atoms with Gasteiger partial charge in [0.15, 0.2) is 0 Å². The molecule has 1 atom stereocenters. The lowest BCUT2D eigenvalue weighted by atomic mass is 10.0. The van der Waals surface area contributed by atoms with Gasteiger partial charge in [0.1, 0.15) is 18.1 Å². The number of nitrogens with one attached hydrogen (secondary N) is 1. The van der Waals surface area contributed by atoms with Crippen molar-refractivity contribution in [3.63, 3.8) is 0 Å². The van der Waals surface area contributed by atoms with Gasteiger partial charge in [-0.2, -0.15) is 18.6 Å². The van der Waals surface area contributed by atoms with Crippen LogP contribution in [0.2, 0.25) is 0 Å². The zero-order chi connectivity index (χ0) is 23.5. The average Bonchev–Trinajstić information content (AvgIpc) is 2.79. The maximum atomic E-state index is 14.6. The van der Waals surface area contributed by atoms with Gasteiger partial charge >= 0.3 is 0 Å². The van der Waals surface area contributed by atoms with Gasteiger partial charge in [-0.3, -0.25) is 9.59 Å². The van der Waals surface area contributed by atoms with Crippen LogP contribution in [0.5, 0.6) is 0 Å². The largest absolute Gasteiger partial charge is 0.392 e. The van der Waals surface area contributed by atoms with Gasteiger partial charge in [0.25, 0.3) is 17.4 Å². The third-order valence-electron chi connectivity index (χ3n) is 4.81. The standard InChI is InChI=1S/C22H20F3N3O4/c1-13(16-6-3-7-17(20(16)23)22(24,25)12-30)26-21(32)18-8-9-19(31)28(27-18)15-5-2-4-14(10-15)11-29/h2-10,13,29-30H,11-12H2,1H3,(H,26,32)/t13-/m1/s1. The number of alkyl halides is 2. The van der Waals surface area contributed by atoms with Gasteiger partial charge in [0.05, 0.1) is 23.9 Å². The minimum absolute atomic E-state index is 0.164. The van der Waals surface area contributed by atoms with Gasteiger partial charge in [-0.05, 0) is 36.8 Å². The Labute approximate surface area is 180 Å². The summed E-state index contributed by atoms with van der Waals surface area (Å²) in [5, 5.41) is 24.6. The fraction of sp³-hybridized carbons (Fsp3) is 0.227. The second-order valence-electron chi connectivity index (χ2n) is 7.06. The van der Waals surface area contributed by atoms with Crippen molar-refractivity contribution < 1.29 is 28.2 Å². The summed E-state index contributed by atoms with van der Waals surface area (Å²) in [5.41, 5.74) is -0.997. The molecular weight excluding hydrogens is 427 g/mol. The topological polar surface area (TPSA) is 104 Å². The van der Waals surface area contributed by atoms with Crippen LogP contribution < -0.4 is 10.9 Å². The Hall–Kier alpha value is -3.50. The first-order valence-electron chi connectivity index (χ1n) is 9.57. The fourth-order valence-electron chi connectivity index (χ4n) is 3.10. The predicted octanol–water partition coefficient (Wildman–Crippen LogP) is 2.44. The van der Waals surface area contributed by atoms with E-state index in [1.165, 1.54) is 31.2 Å². The molecule has 1 amide bonds. The van der Waals surface area contributed by atoms with Crippen LogP contribution in [0.25, 0.3) is 5.69 Å². The third kappa shape index (κ3) is 4.71. The third-order valence-corrected chi connectivity index (χ3v) is 4.81. The smallest absolute Gasteiger partial charge is 0.298 e. The molecule has 32 heavy (non-hydrogen) atoms. The maximum Gasteiger partial charge on any atom is 0.298 e. The zero-order valence-electron chi connectivity index (χ0n) is 16.9. The van der Waals surface area contributed by atoms with E-state index in [0.29, 0.717) is 11.3 Å². The molecule has 0 aliphatic heterocycles. The minimum Gasteiger partial charge on any atom is -0.392 e. The summed E-state index contributed by atoms with van der Waals surface area (Å²) < 4.78 is 43.2. The summed E-state index contributed by atoms with van der Waals surface area (Å²) in [6, 6.07) is 11.0. The Balaban J connectivity index is 1.88. The SMILES string of the molecule is C[C@@H](NC(=O)c1ccc(=O)n(-c2cccc(CO)c2)n1)c1cccc(C(F)(F)CO)c1F. The Kier molecular flexibility index (Phi) is 6.75. The number of halogens is 3. The van der Waals surface area contributed by atoms with Crippen LogP contribution in [0.15, 0.2) is 59.4 Å². The number of nitrogens with zero attached hydrogens (tertiary/aromatic N) is 2. The van der Waals surface area contributed by atoms with E-state index in [0.717, 1.165) is 16.8 Å². The molecule has 168 valence electrons. The Morgan fingerprint density at radius 1 is 1.16 bits per heavy atom. The van der Waals surface area contributed by atoms with Gasteiger partial charge in [-0.15, -0.1) is 0 Å². The second kappa shape index (κ2) is 9.33. The van der Waals surface area contributed by atoms with Crippen molar-refractivity contribution in [1.82, 2.24) is 15.1 Å². The number of hydrogen-bond acceptors (Lipinski definition) is 5. The zero-order valence-corrected chi connectivity index (χ0v) is 16.9. The normalized spacial score (nSPS) is 12.4. The van der Waals surface area contributed by atoms with Gasteiger partial charge in [-0.25, -0.2) is 4.39 Å². The molecule has 7 nitrogen and oxygen atoms in total. The molecule has 0 unspecified atom stereocenters. The number of carbonyl (C=O) groups is 1. The molecule has 10 heteroatoms. The highest BCUT2D eigenvalue weighted by molar-refractivity contribution is 5.92. The van der Waals surface area contributed by atoms with Crippen LogP contribution in [0, 0.1) is 5.82 Å². The molecule has 1 aromatic heterocycles. The Bertz CT molecular complexity index is 1200. The molecule has 0 radical (unpaired) electrons. The van der Waals surface area contributed by atoms with Crippen molar-refractivity contribution in [2.45, 2.75) is 25.5 Å². The number of rotatable bonds is 7. The van der Waals surface area contributed by atoms with E-state index >= 15 is 0 Å². The molecule has 1 heterocycles. The van der Waals surface area contributed by atoms with E-state index in [4.69, 9.17) is 5.11 Å². The van der Waals surface area contributed by atoms with E-state index in [1.54, 1.807) is 18.2 Å². The molecule has 0 bridgehead atoms. The number of amides is 1. The van der Waals surface area contributed by atoms with Crippen LogP contribution in [0.4, 0.5) is 13.2 Å². The minimum atomic E-state index is -3.77. The van der Waals surface area contributed by atoms with Gasteiger partial charge < -0.3 is 15.5 Å². The molecule has 0 saturated heterocycles. The summed E-state index contributed by atoms with van der Waals surface area (Å²) >= 11 is 0. The molecule has 0 aliphatic carbocycles. The van der Waals surface area contributed by atoms with Crippen molar-refractivity contribution in [2.24, 2.45) is 0 Å². The van der Waals surface area contributed by atoms with E-state index in [1.807, 2.05) is 0 Å². The predicted molar refractivity (Wildman–Crippen MR) is 109 cm³/mol. The van der Waals surface area contributed by atoms with E-state index in [-0.39, 0.29) is 17.9 Å². The molecule has 0 fully saturated rings. The molecule has 3 aromatic rings. The van der Waals surface area contributed by atoms with Crippen molar-refractivity contribution in [1.29, 1.82) is 0 Å². The summed E-state index contributed by atoms with van der Waals surface area (Å²) in [4.78, 5) is 24.9. The summed E-state index contributed by atoms with van der Waals surface area (Å²) in [7, 11) is 0. The van der Waals surface area contributed by atoms with Crippen molar-refractivity contribution in [2.75, 3.05) is 6.61 Å². The number of aromatic nitrogens is 2. The molecular formula is C22H20F3N3O4. The number of hydrogen-bond donors (Lipinski definition) is 3. The highest BCUT2D eigenvalue weighted by Gasteiger charge is 2.35. The van der Waals surface area contributed by atoms with Crippen LogP contribution in [-0.2, 0) is 12.5 Å². The number of benzene rings is 2. The van der Waals surface area contributed by atoms with Gasteiger partial charge in [-0.1, -0.05) is 24.3 Å². The van der Waals surface area contributed by atoms with Gasteiger partial charge in [0.2, 0.25) is 0 Å². The molecule has 3 N–H and O–H groups in total. The van der Waals surface area contributed by atoms with Crippen LogP contribution in [0.3, 0.4) is 0 Å². The first kappa shape index (κ1) is 23.2. The summed E-state index contributed by atoms with van der Waals surface area (Å²) in [6.07, 6.45) is 0. The summed E-state index contributed by atoms with van der Waals surface area (Å²) in [5.74, 6) is -5.77. The lowest BCUT2D eigenvalue weighted by molar-refractivity contribution is -0.0584. The average molecular weight is 447 g/mol.